The third-order valence-corrected chi connectivity index (χ3v) is 5.71. The average molecular weight is 363 g/mol. The number of aromatic nitrogens is 2. The Bertz CT molecular complexity index is 994. The van der Waals surface area contributed by atoms with Gasteiger partial charge in [0.25, 0.3) is 0 Å². The highest BCUT2D eigenvalue weighted by atomic mass is 16.4. The van der Waals surface area contributed by atoms with Gasteiger partial charge in [0.15, 0.2) is 0 Å². The van der Waals surface area contributed by atoms with E-state index in [1.807, 2.05) is 25.1 Å². The third-order valence-electron chi connectivity index (χ3n) is 5.71. The normalized spacial score (nSPS) is 17.7. The molecule has 1 amide bonds. The van der Waals surface area contributed by atoms with Crippen LogP contribution in [0.4, 0.5) is 10.5 Å². The topological polar surface area (TPSA) is 58.4 Å². The van der Waals surface area contributed by atoms with E-state index in [2.05, 4.69) is 42.8 Å². The van der Waals surface area contributed by atoms with Crippen LogP contribution in [0.3, 0.4) is 0 Å². The molecule has 3 aromatic rings. The van der Waals surface area contributed by atoms with Gasteiger partial charge in [0.2, 0.25) is 0 Å². The fourth-order valence-corrected chi connectivity index (χ4v) is 4.30. The number of nitrogens with zero attached hydrogens (tertiary/aromatic N) is 3. The Morgan fingerprint density at radius 3 is 2.70 bits per heavy atom. The molecule has 4 rings (SSSR count). The van der Waals surface area contributed by atoms with Crippen LogP contribution < -0.4 is 4.90 Å². The molecule has 1 aromatic heterocycles. The Hall–Kier alpha value is -2.82. The minimum absolute atomic E-state index is 0.00682. The number of fused-ring (bicyclic) bond motifs is 3. The van der Waals surface area contributed by atoms with Gasteiger partial charge in [0.05, 0.1) is 16.7 Å². The summed E-state index contributed by atoms with van der Waals surface area (Å²) in [5, 5.41) is 9.64. The van der Waals surface area contributed by atoms with Crippen LogP contribution in [0.2, 0.25) is 0 Å². The minimum atomic E-state index is -0.892. The van der Waals surface area contributed by atoms with Gasteiger partial charge >= 0.3 is 6.09 Å². The molecule has 2 atom stereocenters. The summed E-state index contributed by atoms with van der Waals surface area (Å²) in [6.45, 7) is 4.17. The Balaban J connectivity index is 1.77. The van der Waals surface area contributed by atoms with Crippen molar-refractivity contribution in [3.05, 3.63) is 59.4 Å². The highest BCUT2D eigenvalue weighted by molar-refractivity contribution is 5.94. The molecule has 140 valence electrons. The number of anilines is 1. The van der Waals surface area contributed by atoms with E-state index in [9.17, 15) is 9.90 Å². The minimum Gasteiger partial charge on any atom is -0.465 e. The molecule has 2 heterocycles. The molecular weight excluding hydrogens is 338 g/mol. The Morgan fingerprint density at radius 1 is 1.26 bits per heavy atom. The summed E-state index contributed by atoms with van der Waals surface area (Å²) in [6.07, 6.45) is 1.72. The fourth-order valence-electron chi connectivity index (χ4n) is 4.30. The lowest BCUT2D eigenvalue weighted by Gasteiger charge is -2.33. The predicted molar refractivity (Wildman–Crippen MR) is 108 cm³/mol. The summed E-state index contributed by atoms with van der Waals surface area (Å²) in [6, 6.07) is 14.4. The van der Waals surface area contributed by atoms with Crippen molar-refractivity contribution >= 4 is 22.8 Å². The molecule has 2 aromatic carbocycles. The molecule has 1 aliphatic heterocycles. The second kappa shape index (κ2) is 6.72. The van der Waals surface area contributed by atoms with E-state index in [0.717, 1.165) is 47.4 Å². The number of carboxylic acid groups (broad SMARTS) is 1. The maximum atomic E-state index is 11.7. The number of rotatable bonds is 3. The SMILES string of the molecule is C[C@H](Cc1ccccc1)c1nc2c3c(ccc2n1C)N(C(=O)O)[C@@H](C)CC3. The molecule has 0 fully saturated rings. The van der Waals surface area contributed by atoms with Crippen LogP contribution in [0.5, 0.6) is 0 Å². The molecule has 0 spiro atoms. The fraction of sp³-hybridized carbons (Fsp3) is 0.364. The molecule has 27 heavy (non-hydrogen) atoms. The highest BCUT2D eigenvalue weighted by Crippen LogP contribution is 2.36. The first-order chi connectivity index (χ1) is 13.0. The number of hydrogen-bond acceptors (Lipinski definition) is 2. The second-order valence-electron chi connectivity index (χ2n) is 7.59. The van der Waals surface area contributed by atoms with Crippen LogP contribution in [0.15, 0.2) is 42.5 Å². The first-order valence-corrected chi connectivity index (χ1v) is 9.51. The van der Waals surface area contributed by atoms with Crippen molar-refractivity contribution in [2.75, 3.05) is 4.90 Å². The maximum Gasteiger partial charge on any atom is 0.412 e. The van der Waals surface area contributed by atoms with Crippen LogP contribution in [-0.2, 0) is 19.9 Å². The Labute approximate surface area is 159 Å². The van der Waals surface area contributed by atoms with E-state index in [-0.39, 0.29) is 12.0 Å². The Morgan fingerprint density at radius 2 is 2.00 bits per heavy atom. The molecule has 1 N–H and O–H groups in total. The number of amides is 1. The van der Waals surface area contributed by atoms with Crippen molar-refractivity contribution in [1.29, 1.82) is 0 Å². The second-order valence-corrected chi connectivity index (χ2v) is 7.59. The van der Waals surface area contributed by atoms with Gasteiger partial charge in [-0.3, -0.25) is 4.90 Å². The van der Waals surface area contributed by atoms with Gasteiger partial charge in [-0.25, -0.2) is 9.78 Å². The average Bonchev–Trinajstić information content (AvgIpc) is 2.99. The van der Waals surface area contributed by atoms with Gasteiger partial charge in [-0.2, -0.15) is 0 Å². The lowest BCUT2D eigenvalue weighted by molar-refractivity contribution is 0.198. The zero-order valence-electron chi connectivity index (χ0n) is 16.0. The zero-order chi connectivity index (χ0) is 19.1. The van der Waals surface area contributed by atoms with Crippen molar-refractivity contribution in [3.63, 3.8) is 0 Å². The first kappa shape index (κ1) is 17.6. The Kier molecular flexibility index (Phi) is 4.38. The van der Waals surface area contributed by atoms with Crippen LogP contribution in [0.25, 0.3) is 11.0 Å². The zero-order valence-corrected chi connectivity index (χ0v) is 16.0. The monoisotopic (exact) mass is 363 g/mol. The highest BCUT2D eigenvalue weighted by Gasteiger charge is 2.30. The quantitative estimate of drug-likeness (QED) is 0.731. The van der Waals surface area contributed by atoms with E-state index >= 15 is 0 Å². The lowest BCUT2D eigenvalue weighted by atomic mass is 9.96. The first-order valence-electron chi connectivity index (χ1n) is 9.51. The van der Waals surface area contributed by atoms with Gasteiger partial charge < -0.3 is 9.67 Å². The number of hydrogen-bond donors (Lipinski definition) is 1. The molecule has 0 radical (unpaired) electrons. The summed E-state index contributed by atoms with van der Waals surface area (Å²) in [4.78, 5) is 18.2. The molecule has 5 nitrogen and oxygen atoms in total. The number of carbonyl (C=O) groups is 1. The number of benzene rings is 2. The largest absolute Gasteiger partial charge is 0.465 e. The van der Waals surface area contributed by atoms with Crippen molar-refractivity contribution in [2.45, 2.75) is 45.1 Å². The van der Waals surface area contributed by atoms with Crippen LogP contribution in [-0.4, -0.2) is 26.8 Å². The van der Waals surface area contributed by atoms with Crippen molar-refractivity contribution in [3.8, 4) is 0 Å². The van der Waals surface area contributed by atoms with Crippen LogP contribution in [0, 0.1) is 0 Å². The molecule has 0 bridgehead atoms. The lowest BCUT2D eigenvalue weighted by Crippen LogP contribution is -2.41. The van der Waals surface area contributed by atoms with E-state index in [1.54, 1.807) is 0 Å². The number of aryl methyl sites for hydroxylation is 2. The van der Waals surface area contributed by atoms with Gasteiger partial charge in [-0.1, -0.05) is 37.3 Å². The summed E-state index contributed by atoms with van der Waals surface area (Å²) in [5.74, 6) is 1.32. The van der Waals surface area contributed by atoms with E-state index < -0.39 is 6.09 Å². The summed E-state index contributed by atoms with van der Waals surface area (Å²) < 4.78 is 2.16. The van der Waals surface area contributed by atoms with Crippen LogP contribution >= 0.6 is 0 Å². The van der Waals surface area contributed by atoms with E-state index in [0.29, 0.717) is 0 Å². The predicted octanol–water partition coefficient (Wildman–Crippen LogP) is 4.74. The van der Waals surface area contributed by atoms with Gasteiger partial charge in [-0.05, 0) is 43.9 Å². The summed E-state index contributed by atoms with van der Waals surface area (Å²) in [7, 11) is 2.05. The third kappa shape index (κ3) is 2.97. The maximum absolute atomic E-state index is 11.7. The summed E-state index contributed by atoms with van der Waals surface area (Å²) >= 11 is 0. The van der Waals surface area contributed by atoms with Crippen molar-refractivity contribution < 1.29 is 9.90 Å². The molecule has 0 unspecified atom stereocenters. The van der Waals surface area contributed by atoms with E-state index in [4.69, 9.17) is 4.98 Å². The molecule has 0 aliphatic carbocycles. The van der Waals surface area contributed by atoms with Crippen LogP contribution in [0.1, 0.15) is 43.1 Å². The molecular formula is C22H25N3O2. The van der Waals surface area contributed by atoms with Crippen molar-refractivity contribution in [2.24, 2.45) is 7.05 Å². The standard InChI is InChI=1S/C22H25N3O2/c1-14(13-16-7-5-4-6-8-16)21-23-20-17-10-9-15(2)25(22(26)27)18(17)11-12-19(20)24(21)3/h4-8,11-12,14-15H,9-10,13H2,1-3H3,(H,26,27)/t14-,15+/m1/s1. The van der Waals surface area contributed by atoms with E-state index in [1.165, 1.54) is 10.5 Å². The molecule has 1 aliphatic rings. The smallest absolute Gasteiger partial charge is 0.412 e. The van der Waals surface area contributed by atoms with Crippen molar-refractivity contribution in [1.82, 2.24) is 9.55 Å². The van der Waals surface area contributed by atoms with Gasteiger partial charge in [0, 0.05) is 24.6 Å². The van der Waals surface area contributed by atoms with Gasteiger partial charge in [0.1, 0.15) is 5.82 Å². The summed E-state index contributed by atoms with van der Waals surface area (Å²) in [5.41, 5.74) is 5.16. The molecule has 0 saturated carbocycles. The van der Waals surface area contributed by atoms with Gasteiger partial charge in [-0.15, -0.1) is 0 Å². The molecule has 0 saturated heterocycles. The molecule has 5 heteroatoms. The number of imidazole rings is 1.